The molecule has 0 aromatic heterocycles. The van der Waals surface area contributed by atoms with Gasteiger partial charge in [0.25, 0.3) is 0 Å². The zero-order valence-electron chi connectivity index (χ0n) is 19.1. The van der Waals surface area contributed by atoms with Crippen LogP contribution in [-0.2, 0) is 14.3 Å². The van der Waals surface area contributed by atoms with Crippen molar-refractivity contribution in [2.45, 2.75) is 31.8 Å². The lowest BCUT2D eigenvalue weighted by Gasteiger charge is -2.35. The lowest BCUT2D eigenvalue weighted by Crippen LogP contribution is -2.47. The lowest BCUT2D eigenvalue weighted by atomic mass is 9.90. The Morgan fingerprint density at radius 1 is 1.06 bits per heavy atom. The number of rotatable bonds is 7. The Labute approximate surface area is 198 Å². The number of fused-ring (bicyclic) bond motifs is 3. The van der Waals surface area contributed by atoms with Gasteiger partial charge in [-0.15, -0.1) is 0 Å². The molecule has 2 aliphatic rings. The molecule has 2 aromatic rings. The molecule has 34 heavy (non-hydrogen) atoms. The molecular weight excluding hydrogens is 436 g/mol. The van der Waals surface area contributed by atoms with Gasteiger partial charge in [0.2, 0.25) is 5.91 Å². The molecule has 4 rings (SSSR count). The van der Waals surface area contributed by atoms with Crippen molar-refractivity contribution in [2.75, 3.05) is 26.2 Å². The number of aliphatic hydroxyl groups is 1. The molecule has 8 nitrogen and oxygen atoms in total. The third-order valence-electron chi connectivity index (χ3n) is 6.60. The lowest BCUT2D eigenvalue weighted by molar-refractivity contribution is -0.147. The number of carbonyl (C=O) groups excluding carboxylic acids is 2. The van der Waals surface area contributed by atoms with E-state index in [1.54, 1.807) is 0 Å². The highest BCUT2D eigenvalue weighted by Gasteiger charge is 2.32. The topological polar surface area (TPSA) is 116 Å². The van der Waals surface area contributed by atoms with E-state index in [4.69, 9.17) is 4.74 Å². The van der Waals surface area contributed by atoms with Crippen LogP contribution in [0.1, 0.15) is 36.8 Å². The highest BCUT2D eigenvalue weighted by atomic mass is 16.5. The minimum atomic E-state index is -1.09. The molecule has 2 aromatic carbocycles. The van der Waals surface area contributed by atoms with Crippen LogP contribution in [0.25, 0.3) is 11.1 Å². The van der Waals surface area contributed by atoms with Crippen molar-refractivity contribution in [3.8, 4) is 11.1 Å². The van der Waals surface area contributed by atoms with Gasteiger partial charge in [-0.2, -0.15) is 0 Å². The number of carboxylic acid groups (broad SMARTS) is 1. The maximum atomic E-state index is 12.5. The fourth-order valence-electron chi connectivity index (χ4n) is 4.99. The van der Waals surface area contributed by atoms with Crippen molar-refractivity contribution >= 4 is 18.0 Å². The minimum Gasteiger partial charge on any atom is -0.481 e. The molecule has 1 saturated heterocycles. The molecule has 3 unspecified atom stereocenters. The Morgan fingerprint density at radius 2 is 1.68 bits per heavy atom. The SMILES string of the molecule is CC1CC(C(=O)O)CN(C(=O)CC(O)CNC(=O)OCC2c3ccccc3-c3ccccc32)C1. The fraction of sp³-hybridized carbons (Fsp3) is 0.423. The average molecular weight is 467 g/mol. The second-order valence-electron chi connectivity index (χ2n) is 9.24. The van der Waals surface area contributed by atoms with Gasteiger partial charge in [-0.25, -0.2) is 4.79 Å². The number of amides is 2. The summed E-state index contributed by atoms with van der Waals surface area (Å²) in [6.45, 7) is 2.55. The number of piperidine rings is 1. The predicted molar refractivity (Wildman–Crippen MR) is 125 cm³/mol. The number of nitrogens with one attached hydrogen (secondary N) is 1. The van der Waals surface area contributed by atoms with Crippen LogP contribution < -0.4 is 5.32 Å². The van der Waals surface area contributed by atoms with Crippen LogP contribution >= 0.6 is 0 Å². The summed E-state index contributed by atoms with van der Waals surface area (Å²) in [5.74, 6) is -1.81. The molecule has 1 fully saturated rings. The van der Waals surface area contributed by atoms with Gasteiger partial charge < -0.3 is 25.2 Å². The molecule has 2 amide bonds. The summed E-state index contributed by atoms with van der Waals surface area (Å²) < 4.78 is 5.44. The molecule has 1 aliphatic heterocycles. The van der Waals surface area contributed by atoms with Crippen LogP contribution in [0.2, 0.25) is 0 Å². The highest BCUT2D eigenvalue weighted by molar-refractivity contribution is 5.80. The summed E-state index contributed by atoms with van der Waals surface area (Å²) in [6.07, 6.45) is -1.41. The fourth-order valence-corrected chi connectivity index (χ4v) is 4.99. The second kappa shape index (κ2) is 10.3. The Bertz CT molecular complexity index is 1030. The van der Waals surface area contributed by atoms with Gasteiger partial charge in [-0.3, -0.25) is 9.59 Å². The summed E-state index contributed by atoms with van der Waals surface area (Å²) in [4.78, 5) is 37.6. The Kier molecular flexibility index (Phi) is 7.17. The maximum Gasteiger partial charge on any atom is 0.407 e. The number of carboxylic acids is 1. The number of alkyl carbamates (subject to hydrolysis) is 1. The first kappa shape index (κ1) is 23.8. The molecule has 8 heteroatoms. The normalized spacial score (nSPS) is 20.2. The number of aliphatic hydroxyl groups excluding tert-OH is 1. The third-order valence-corrected chi connectivity index (χ3v) is 6.60. The van der Waals surface area contributed by atoms with E-state index in [9.17, 15) is 24.6 Å². The van der Waals surface area contributed by atoms with E-state index in [0.717, 1.165) is 22.3 Å². The summed E-state index contributed by atoms with van der Waals surface area (Å²) >= 11 is 0. The van der Waals surface area contributed by atoms with Crippen molar-refractivity contribution in [1.29, 1.82) is 0 Å². The van der Waals surface area contributed by atoms with Gasteiger partial charge in [0.15, 0.2) is 0 Å². The van der Waals surface area contributed by atoms with Crippen LogP contribution in [-0.4, -0.2) is 65.4 Å². The zero-order valence-corrected chi connectivity index (χ0v) is 19.1. The smallest absolute Gasteiger partial charge is 0.407 e. The number of carbonyl (C=O) groups is 3. The Balaban J connectivity index is 1.25. The second-order valence-corrected chi connectivity index (χ2v) is 9.24. The molecular formula is C26H30N2O6. The van der Waals surface area contributed by atoms with Gasteiger partial charge in [0.05, 0.1) is 18.4 Å². The first-order valence-electron chi connectivity index (χ1n) is 11.6. The molecule has 180 valence electrons. The highest BCUT2D eigenvalue weighted by Crippen LogP contribution is 2.44. The van der Waals surface area contributed by atoms with E-state index >= 15 is 0 Å². The van der Waals surface area contributed by atoms with Crippen LogP contribution in [0.4, 0.5) is 4.79 Å². The molecule has 0 saturated carbocycles. The van der Waals surface area contributed by atoms with Gasteiger partial charge in [0.1, 0.15) is 6.61 Å². The van der Waals surface area contributed by atoms with E-state index in [1.807, 2.05) is 43.3 Å². The van der Waals surface area contributed by atoms with E-state index in [0.29, 0.717) is 13.0 Å². The van der Waals surface area contributed by atoms with E-state index < -0.39 is 24.1 Å². The summed E-state index contributed by atoms with van der Waals surface area (Å²) in [5, 5.41) is 22.0. The van der Waals surface area contributed by atoms with Crippen molar-refractivity contribution in [2.24, 2.45) is 11.8 Å². The molecule has 0 spiro atoms. The van der Waals surface area contributed by atoms with Gasteiger partial charge in [-0.05, 0) is 34.6 Å². The Morgan fingerprint density at radius 3 is 2.29 bits per heavy atom. The van der Waals surface area contributed by atoms with Crippen LogP contribution in [0.15, 0.2) is 48.5 Å². The summed E-state index contributed by atoms with van der Waals surface area (Å²) in [5.41, 5.74) is 4.49. The van der Waals surface area contributed by atoms with Crippen LogP contribution in [0.3, 0.4) is 0 Å². The minimum absolute atomic E-state index is 0.0621. The zero-order chi connectivity index (χ0) is 24.2. The number of aliphatic carboxylic acids is 1. The summed E-state index contributed by atoms with van der Waals surface area (Å²) in [7, 11) is 0. The maximum absolute atomic E-state index is 12.5. The monoisotopic (exact) mass is 466 g/mol. The third kappa shape index (κ3) is 5.22. The molecule has 0 radical (unpaired) electrons. The predicted octanol–water partition coefficient (Wildman–Crippen LogP) is 2.85. The van der Waals surface area contributed by atoms with E-state index in [-0.39, 0.29) is 43.9 Å². The van der Waals surface area contributed by atoms with Gasteiger partial charge in [0, 0.05) is 25.6 Å². The van der Waals surface area contributed by atoms with E-state index in [1.165, 1.54) is 4.90 Å². The first-order valence-corrected chi connectivity index (χ1v) is 11.6. The number of likely N-dealkylation sites (tertiary alicyclic amines) is 1. The number of ether oxygens (including phenoxy) is 1. The Hall–Kier alpha value is -3.39. The van der Waals surface area contributed by atoms with Crippen molar-refractivity contribution in [3.63, 3.8) is 0 Å². The van der Waals surface area contributed by atoms with E-state index in [2.05, 4.69) is 17.4 Å². The van der Waals surface area contributed by atoms with Crippen molar-refractivity contribution < 1.29 is 29.3 Å². The molecule has 3 atom stereocenters. The molecule has 1 heterocycles. The number of nitrogens with zero attached hydrogens (tertiary/aromatic N) is 1. The van der Waals surface area contributed by atoms with Gasteiger partial charge in [-0.1, -0.05) is 55.5 Å². The largest absolute Gasteiger partial charge is 0.481 e. The average Bonchev–Trinajstić information content (AvgIpc) is 3.14. The number of benzene rings is 2. The molecule has 3 N–H and O–H groups in total. The van der Waals surface area contributed by atoms with Gasteiger partial charge >= 0.3 is 12.1 Å². The van der Waals surface area contributed by atoms with Crippen molar-refractivity contribution in [1.82, 2.24) is 10.2 Å². The molecule has 1 aliphatic carbocycles. The van der Waals surface area contributed by atoms with Crippen LogP contribution in [0, 0.1) is 11.8 Å². The van der Waals surface area contributed by atoms with Crippen molar-refractivity contribution in [3.05, 3.63) is 59.7 Å². The standard InChI is InChI=1S/C26H30N2O6/c1-16-10-17(25(31)32)14-28(13-16)24(30)11-18(29)12-27-26(33)34-15-23-21-8-4-2-6-19(21)20-7-3-5-9-22(20)23/h2-9,16-18,23,29H,10-15H2,1H3,(H,27,33)(H,31,32). The summed E-state index contributed by atoms with van der Waals surface area (Å²) in [6, 6.07) is 16.1. The number of hydrogen-bond donors (Lipinski definition) is 3. The number of hydrogen-bond acceptors (Lipinski definition) is 5. The molecule has 0 bridgehead atoms. The first-order chi connectivity index (χ1) is 16.3. The van der Waals surface area contributed by atoms with Crippen LogP contribution in [0.5, 0.6) is 0 Å². The quantitative estimate of drug-likeness (QED) is 0.578.